The number of rotatable bonds is 5. The van der Waals surface area contributed by atoms with Crippen LogP contribution in [0.5, 0.6) is 0 Å². The van der Waals surface area contributed by atoms with Gasteiger partial charge in [0.1, 0.15) is 66.4 Å². The Hall–Kier alpha value is -13.1. The quantitative estimate of drug-likeness (QED) is 0.147. The molecular formula is C121H134FN15O2S5. The first-order valence-corrected chi connectivity index (χ1v) is 52.0. The normalized spacial score (nSPS) is 12.2. The summed E-state index contributed by atoms with van der Waals surface area (Å²) in [5.41, 5.74) is 39.9. The zero-order valence-electron chi connectivity index (χ0n) is 89.7. The van der Waals surface area contributed by atoms with Crippen molar-refractivity contribution in [3.8, 4) is 33.4 Å². The highest BCUT2D eigenvalue weighted by Gasteiger charge is 2.29. The van der Waals surface area contributed by atoms with Gasteiger partial charge < -0.3 is 4.42 Å². The Morgan fingerprint density at radius 1 is 0.347 bits per heavy atom. The highest BCUT2D eigenvalue weighted by Crippen LogP contribution is 2.43. The molecule has 742 valence electrons. The van der Waals surface area contributed by atoms with Gasteiger partial charge in [0.05, 0.1) is 99.6 Å². The largest absolute Gasteiger partial charge is 0.423 e. The second kappa shape index (κ2) is 44.2. The van der Waals surface area contributed by atoms with E-state index in [4.69, 9.17) is 22.5 Å². The highest BCUT2D eigenvalue weighted by molar-refractivity contribution is 7.01. The van der Waals surface area contributed by atoms with Crippen LogP contribution in [0.3, 0.4) is 0 Å². The number of hydrogen-bond acceptors (Lipinski definition) is 20. The van der Waals surface area contributed by atoms with Crippen LogP contribution < -0.4 is 11.0 Å². The van der Waals surface area contributed by atoms with Gasteiger partial charge in [0.25, 0.3) is 0 Å². The van der Waals surface area contributed by atoms with Crippen LogP contribution in [-0.2, 0) is 43.3 Å². The van der Waals surface area contributed by atoms with Gasteiger partial charge in [0, 0.05) is 39.4 Å². The summed E-state index contributed by atoms with van der Waals surface area (Å²) in [6, 6.07) is 61.8. The number of hydrogen-bond donors (Lipinski definition) is 0. The van der Waals surface area contributed by atoms with Crippen molar-refractivity contribution in [3.63, 3.8) is 0 Å². The molecule has 0 N–H and O–H groups in total. The Balaban J connectivity index is 0.000000149. The van der Waals surface area contributed by atoms with Crippen molar-refractivity contribution in [3.05, 3.63) is 339 Å². The van der Waals surface area contributed by atoms with Crippen molar-refractivity contribution < 1.29 is 8.81 Å². The van der Waals surface area contributed by atoms with E-state index in [9.17, 15) is 9.18 Å². The number of pyridine rings is 1. The van der Waals surface area contributed by atoms with Crippen LogP contribution in [0.1, 0.15) is 275 Å². The van der Waals surface area contributed by atoms with E-state index in [0.717, 1.165) is 138 Å². The summed E-state index contributed by atoms with van der Waals surface area (Å²) in [5, 5.41) is 3.30. The first kappa shape index (κ1) is 110. The lowest BCUT2D eigenvalue weighted by Gasteiger charge is -2.21. The molecule has 0 aliphatic carbocycles. The average molecular weight is 2010 g/mol. The molecular weight excluding hydrogens is 1870 g/mol. The van der Waals surface area contributed by atoms with Crippen molar-refractivity contribution in [2.24, 2.45) is 0 Å². The van der Waals surface area contributed by atoms with Gasteiger partial charge in [-0.1, -0.05) is 348 Å². The zero-order valence-corrected chi connectivity index (χ0v) is 93.8. The Morgan fingerprint density at radius 2 is 0.708 bits per heavy atom. The van der Waals surface area contributed by atoms with E-state index in [1.807, 2.05) is 94.6 Å². The third kappa shape index (κ3) is 26.0. The summed E-state index contributed by atoms with van der Waals surface area (Å²) in [5.74, 6) is -0.109. The summed E-state index contributed by atoms with van der Waals surface area (Å²) in [4.78, 5) is 32.9. The Kier molecular flexibility index (Phi) is 33.7. The van der Waals surface area contributed by atoms with Crippen LogP contribution in [0.25, 0.3) is 150 Å². The van der Waals surface area contributed by atoms with Gasteiger partial charge in [-0.05, 0) is 224 Å². The molecule has 23 heteroatoms. The molecule has 0 radical (unpaired) electrons. The Morgan fingerprint density at radius 3 is 1.15 bits per heavy atom. The van der Waals surface area contributed by atoms with Gasteiger partial charge in [-0.25, -0.2) is 28.8 Å². The van der Waals surface area contributed by atoms with E-state index in [-0.39, 0.29) is 54.8 Å². The molecule has 0 spiro atoms. The Labute approximate surface area is 870 Å². The third-order valence-corrected chi connectivity index (χ3v) is 27.8. The van der Waals surface area contributed by atoms with Gasteiger partial charge in [-0.3, -0.25) is 4.98 Å². The minimum absolute atomic E-state index is 0.0199. The fraction of sp³-hybridized carbons (Fsp3) is 0.339. The molecule has 17 nitrogen and oxygen atoms in total. The lowest BCUT2D eigenvalue weighted by molar-refractivity contribution is 0.494. The minimum atomic E-state index is -0.358. The number of halogens is 1. The summed E-state index contributed by atoms with van der Waals surface area (Å²) < 4.78 is 63.2. The molecule has 0 saturated heterocycles. The van der Waals surface area contributed by atoms with Crippen LogP contribution in [0.4, 0.5) is 4.39 Å². The minimum Gasteiger partial charge on any atom is -0.423 e. The van der Waals surface area contributed by atoms with Crippen LogP contribution in [0.15, 0.2) is 209 Å². The molecule has 0 saturated carbocycles. The second-order valence-corrected chi connectivity index (χ2v) is 47.7. The molecule has 0 bridgehead atoms. The zero-order chi connectivity index (χ0) is 106. The van der Waals surface area contributed by atoms with Gasteiger partial charge in [-0.15, -0.1) is 0 Å². The molecule has 0 aliphatic heterocycles. The van der Waals surface area contributed by atoms with Crippen molar-refractivity contribution >= 4 is 165 Å². The first-order chi connectivity index (χ1) is 67.4. The fourth-order valence-electron chi connectivity index (χ4n) is 16.6. The van der Waals surface area contributed by atoms with Crippen molar-refractivity contribution in [2.45, 2.75) is 272 Å². The fourth-order valence-corrected chi connectivity index (χ4v) is 19.5. The van der Waals surface area contributed by atoms with Crippen molar-refractivity contribution in [1.29, 1.82) is 0 Å². The summed E-state index contributed by atoms with van der Waals surface area (Å²) in [6.45, 7) is 88.0. The summed E-state index contributed by atoms with van der Waals surface area (Å²) in [6.07, 6.45) is 5.71. The lowest BCUT2D eigenvalue weighted by Crippen LogP contribution is -2.13. The van der Waals surface area contributed by atoms with E-state index < -0.39 is 0 Å². The Bertz CT molecular complexity index is 8120. The second-order valence-electron chi connectivity index (χ2n) is 45.1. The molecule has 0 unspecified atom stereocenters. The molecule has 144 heavy (non-hydrogen) atoms. The number of aromatic nitrogens is 13. The topological polar surface area (TPSA) is 206 Å². The molecule has 11 aromatic carbocycles. The highest BCUT2D eigenvalue weighted by atomic mass is 32.1. The first-order valence-electron chi connectivity index (χ1n) is 48.3. The number of benzene rings is 11. The maximum absolute atomic E-state index is 13.1. The molecule has 0 fully saturated rings. The van der Waals surface area contributed by atoms with Crippen LogP contribution in [0.2, 0.25) is 0 Å². The maximum Gasteiger partial charge on any atom is 0.344 e. The SMILES string of the molecule is C=c1oc(=O)c2cccc3c(-c4ccc(C(C)(C)C)c5nsnc45)ccc1c32.Cc1ccc(-c2ccc(C(C)(C)C)c3nsnc23)cc1.Cc1ccc(C(C)(C)C)c2nsnc12.Cc1ccc(C(C)(C)C)cc1F.Cc1ccc(C(C)(C)C)cn1.Cc1nc2c(C)ccc(C(C)(C)C)c2nc1C.[C-]#[N+]/C(C)=C\c1ccc(-c2ccc(C(C)(C)C)c3nsnc23)cc1.[C-]#[N+]/C(C)=C\c1ccc(C(C)(C)C)c2nsnc12. The monoisotopic (exact) mass is 2010 g/mol. The summed E-state index contributed by atoms with van der Waals surface area (Å²) >= 11 is 6.31. The van der Waals surface area contributed by atoms with Gasteiger partial charge in [0.2, 0.25) is 0 Å². The van der Waals surface area contributed by atoms with Crippen molar-refractivity contribution in [1.82, 2.24) is 58.7 Å². The van der Waals surface area contributed by atoms with Gasteiger partial charge in [0.15, 0.2) is 11.4 Å². The smallest absolute Gasteiger partial charge is 0.344 e. The summed E-state index contributed by atoms with van der Waals surface area (Å²) in [7, 11) is 0. The number of fused-ring (bicyclic) bond motifs is 6. The van der Waals surface area contributed by atoms with Gasteiger partial charge in [-0.2, -0.15) is 43.7 Å². The average Bonchev–Trinajstić information content (AvgIpc) is 1.14. The molecule has 0 aliphatic rings. The van der Waals surface area contributed by atoms with E-state index >= 15 is 0 Å². The number of allylic oxidation sites excluding steroid dienone is 2. The third-order valence-electron chi connectivity index (χ3n) is 25.2. The predicted octanol–water partition coefficient (Wildman–Crippen LogP) is 33.5. The van der Waals surface area contributed by atoms with Crippen LogP contribution in [0, 0.1) is 67.4 Å². The van der Waals surface area contributed by atoms with Crippen LogP contribution in [-0.4, -0.2) is 58.7 Å². The van der Waals surface area contributed by atoms with E-state index in [2.05, 4.69) is 378 Å². The predicted molar refractivity (Wildman–Crippen MR) is 611 cm³/mol. The standard InChI is InChI=1S/C23H18N2O2S.C20H19N3S.C17H18N2S.C15H20N2.C14H15N3S.C11H15F.C11H14N2S.C10H15N/c1-12-13-8-9-14(15-6-5-7-17(19(13)15)22(26)27-12)16-10-11-18(23(2,3)4)21-20(16)24-28-25-21;1-13(21-5)12-14-6-8-15(9-7-14)16-10-11-17(20(2,3)4)19-18(16)22-24-23-19;1-11-5-7-12(8-6-11)13-9-10-14(17(2,3)4)16-15(13)18-20-19-16;1-9-7-8-12(15(4,5)6)14-13(9)16-10(2)11(3)17-14;1-9(15-5)8-10-6-7-11(14(2,3)4)13-12(10)16-18-17-13;1-8-5-6-9(7-10(8)12)11(2,3)4;1-7-5-6-8(11(2,3)4)10-9(7)12-14-13-10;1-8-5-6-9(7-11-8)10(2,3)4/h5-11H,1H2,2-4H3;6-12H,1-4H3;5-10H,1-4H3;7-8H,1-6H3;6-8H,1-4H3;5-7H,1-4H3;5-6H,1-4H3;5-7H,1-4H3/b;13-12-;;;9-8-;;;. The van der Waals surface area contributed by atoms with Crippen molar-refractivity contribution in [2.75, 3.05) is 0 Å². The van der Waals surface area contributed by atoms with E-state index in [0.29, 0.717) is 27.8 Å². The maximum atomic E-state index is 13.1. The number of nitrogens with zero attached hydrogens (tertiary/aromatic N) is 15. The number of aryl methyl sites for hydroxylation is 7. The molecule has 19 rings (SSSR count). The van der Waals surface area contributed by atoms with Gasteiger partial charge >= 0.3 is 5.63 Å². The van der Waals surface area contributed by atoms with Crippen LogP contribution >= 0.6 is 58.6 Å². The molecule has 19 aromatic rings. The molecule has 0 amide bonds. The van der Waals surface area contributed by atoms with E-state index in [1.54, 1.807) is 26.0 Å². The lowest BCUT2D eigenvalue weighted by atomic mass is 9.84. The van der Waals surface area contributed by atoms with E-state index in [1.165, 1.54) is 125 Å². The molecule has 8 heterocycles. The molecule has 0 atom stereocenters. The molecule has 8 aromatic heterocycles.